The maximum absolute atomic E-state index is 5.88. The average molecular weight is 345 g/mol. The number of hydrogen-bond donors (Lipinski definition) is 0. The van der Waals surface area contributed by atoms with Crippen LogP contribution in [-0.2, 0) is 17.7 Å². The molecule has 0 spiro atoms. The Kier molecular flexibility index (Phi) is 6.04. The standard InChI is InChI=1S/C20H28N2OS/c1-3-23-16-20(9-8-19-7-5-13-24-19)10-12-22(15-20)14-18-6-4-11-21-17(18)2/h4-7,11,13H,3,8-10,12,14-16H2,1-2H3. The molecule has 0 aliphatic carbocycles. The first-order chi connectivity index (χ1) is 11.7. The van der Waals surface area contributed by atoms with Crippen molar-refractivity contribution in [3.8, 4) is 0 Å². The third-order valence-electron chi connectivity index (χ3n) is 5.12. The molecule has 3 nitrogen and oxygen atoms in total. The van der Waals surface area contributed by atoms with E-state index in [1.165, 1.54) is 29.7 Å². The molecule has 0 aromatic carbocycles. The van der Waals surface area contributed by atoms with Crippen molar-refractivity contribution in [2.24, 2.45) is 5.41 Å². The zero-order valence-electron chi connectivity index (χ0n) is 14.8. The van der Waals surface area contributed by atoms with E-state index in [1.54, 1.807) is 0 Å². The molecule has 1 saturated heterocycles. The zero-order chi connectivity index (χ0) is 16.8. The second-order valence-corrected chi connectivity index (χ2v) is 7.96. The SMILES string of the molecule is CCOCC1(CCc2cccs2)CCN(Cc2cccnc2C)C1. The summed E-state index contributed by atoms with van der Waals surface area (Å²) < 4.78 is 5.88. The van der Waals surface area contributed by atoms with E-state index >= 15 is 0 Å². The molecular weight excluding hydrogens is 316 g/mol. The van der Waals surface area contributed by atoms with Crippen molar-refractivity contribution >= 4 is 11.3 Å². The van der Waals surface area contributed by atoms with E-state index in [1.807, 2.05) is 23.6 Å². The van der Waals surface area contributed by atoms with Crippen LogP contribution in [0.15, 0.2) is 35.8 Å². The van der Waals surface area contributed by atoms with Gasteiger partial charge in [0.25, 0.3) is 0 Å². The van der Waals surface area contributed by atoms with Crippen molar-refractivity contribution in [2.45, 2.75) is 39.7 Å². The van der Waals surface area contributed by atoms with Crippen molar-refractivity contribution in [3.05, 3.63) is 52.0 Å². The Hall–Kier alpha value is -1.23. The first-order valence-corrected chi connectivity index (χ1v) is 9.82. The van der Waals surface area contributed by atoms with E-state index < -0.39 is 0 Å². The molecule has 130 valence electrons. The van der Waals surface area contributed by atoms with E-state index in [4.69, 9.17) is 4.74 Å². The number of nitrogens with zero attached hydrogens (tertiary/aromatic N) is 2. The fraction of sp³-hybridized carbons (Fsp3) is 0.550. The van der Waals surface area contributed by atoms with Gasteiger partial charge in [-0.2, -0.15) is 0 Å². The summed E-state index contributed by atoms with van der Waals surface area (Å²) in [5.74, 6) is 0. The van der Waals surface area contributed by atoms with Gasteiger partial charge in [0, 0.05) is 41.9 Å². The van der Waals surface area contributed by atoms with Crippen LogP contribution in [0.2, 0.25) is 0 Å². The van der Waals surface area contributed by atoms with Crippen LogP contribution in [-0.4, -0.2) is 36.2 Å². The number of aromatic nitrogens is 1. The molecule has 0 saturated carbocycles. The van der Waals surface area contributed by atoms with Crippen LogP contribution >= 0.6 is 11.3 Å². The van der Waals surface area contributed by atoms with Gasteiger partial charge in [0.05, 0.1) is 6.61 Å². The highest BCUT2D eigenvalue weighted by atomic mass is 32.1. The van der Waals surface area contributed by atoms with Gasteiger partial charge in [0.15, 0.2) is 0 Å². The van der Waals surface area contributed by atoms with Gasteiger partial charge < -0.3 is 4.74 Å². The van der Waals surface area contributed by atoms with Gasteiger partial charge in [-0.1, -0.05) is 12.1 Å². The number of aryl methyl sites for hydroxylation is 2. The summed E-state index contributed by atoms with van der Waals surface area (Å²) in [5, 5.41) is 2.18. The fourth-order valence-electron chi connectivity index (χ4n) is 3.64. The molecule has 1 atom stereocenters. The lowest BCUT2D eigenvalue weighted by atomic mass is 9.83. The fourth-order valence-corrected chi connectivity index (χ4v) is 4.35. The minimum absolute atomic E-state index is 0.302. The normalized spacial score (nSPS) is 21.4. The lowest BCUT2D eigenvalue weighted by Crippen LogP contribution is -2.32. The molecule has 2 aromatic rings. The maximum Gasteiger partial charge on any atom is 0.0535 e. The number of likely N-dealkylation sites (tertiary alicyclic amines) is 1. The summed E-state index contributed by atoms with van der Waals surface area (Å²) in [6, 6.07) is 8.66. The Morgan fingerprint density at radius 1 is 1.33 bits per heavy atom. The number of rotatable bonds is 8. The third kappa shape index (κ3) is 4.44. The number of hydrogen-bond acceptors (Lipinski definition) is 4. The van der Waals surface area contributed by atoms with Gasteiger partial charge in [0.1, 0.15) is 0 Å². The summed E-state index contributed by atoms with van der Waals surface area (Å²) in [4.78, 5) is 8.50. The maximum atomic E-state index is 5.88. The predicted octanol–water partition coefficient (Wildman–Crippen LogP) is 4.31. The Labute approximate surface area is 149 Å². The van der Waals surface area contributed by atoms with E-state index in [0.29, 0.717) is 5.41 Å². The second-order valence-electron chi connectivity index (χ2n) is 6.93. The molecule has 1 unspecified atom stereocenters. The van der Waals surface area contributed by atoms with Crippen molar-refractivity contribution in [1.82, 2.24) is 9.88 Å². The minimum atomic E-state index is 0.302. The van der Waals surface area contributed by atoms with Crippen LogP contribution in [0.5, 0.6) is 0 Å². The molecule has 24 heavy (non-hydrogen) atoms. The molecule has 0 bridgehead atoms. The Morgan fingerprint density at radius 3 is 3.00 bits per heavy atom. The van der Waals surface area contributed by atoms with Gasteiger partial charge >= 0.3 is 0 Å². The van der Waals surface area contributed by atoms with E-state index in [2.05, 4.69) is 47.3 Å². The third-order valence-corrected chi connectivity index (χ3v) is 6.06. The molecule has 2 aromatic heterocycles. The first-order valence-electron chi connectivity index (χ1n) is 8.94. The van der Waals surface area contributed by atoms with Gasteiger partial charge in [-0.05, 0) is 62.7 Å². The van der Waals surface area contributed by atoms with Crippen molar-refractivity contribution in [1.29, 1.82) is 0 Å². The first kappa shape index (κ1) is 17.6. The van der Waals surface area contributed by atoms with E-state index in [-0.39, 0.29) is 0 Å². The van der Waals surface area contributed by atoms with Crippen LogP contribution in [0.4, 0.5) is 0 Å². The van der Waals surface area contributed by atoms with Crippen LogP contribution < -0.4 is 0 Å². The smallest absolute Gasteiger partial charge is 0.0535 e. The highest BCUT2D eigenvalue weighted by Crippen LogP contribution is 2.37. The molecule has 1 fully saturated rings. The highest BCUT2D eigenvalue weighted by molar-refractivity contribution is 7.09. The number of pyridine rings is 1. The average Bonchev–Trinajstić information content (AvgIpc) is 3.24. The van der Waals surface area contributed by atoms with Gasteiger partial charge in [-0.3, -0.25) is 9.88 Å². The number of thiophene rings is 1. The molecule has 1 aliphatic heterocycles. The summed E-state index contributed by atoms with van der Waals surface area (Å²) in [6.45, 7) is 9.19. The summed E-state index contributed by atoms with van der Waals surface area (Å²) in [6.07, 6.45) is 5.50. The highest BCUT2D eigenvalue weighted by Gasteiger charge is 2.38. The zero-order valence-corrected chi connectivity index (χ0v) is 15.6. The number of ether oxygens (including phenoxy) is 1. The topological polar surface area (TPSA) is 25.4 Å². The Balaban J connectivity index is 1.63. The Morgan fingerprint density at radius 2 is 2.25 bits per heavy atom. The molecule has 1 aliphatic rings. The minimum Gasteiger partial charge on any atom is -0.381 e. The van der Waals surface area contributed by atoms with Crippen LogP contribution in [0, 0.1) is 12.3 Å². The summed E-state index contributed by atoms with van der Waals surface area (Å²) in [7, 11) is 0. The van der Waals surface area contributed by atoms with Crippen molar-refractivity contribution < 1.29 is 4.74 Å². The molecule has 3 rings (SSSR count). The molecular formula is C20H28N2OS. The molecule has 0 N–H and O–H groups in total. The molecule has 3 heterocycles. The van der Waals surface area contributed by atoms with E-state index in [0.717, 1.165) is 38.5 Å². The second kappa shape index (κ2) is 8.24. The van der Waals surface area contributed by atoms with Crippen LogP contribution in [0.25, 0.3) is 0 Å². The van der Waals surface area contributed by atoms with Gasteiger partial charge in [-0.15, -0.1) is 11.3 Å². The summed E-state index contributed by atoms with van der Waals surface area (Å²) in [5.41, 5.74) is 2.80. The van der Waals surface area contributed by atoms with Crippen molar-refractivity contribution in [3.63, 3.8) is 0 Å². The molecule has 4 heteroatoms. The Bertz CT molecular complexity index is 628. The van der Waals surface area contributed by atoms with Gasteiger partial charge in [-0.25, -0.2) is 0 Å². The van der Waals surface area contributed by atoms with E-state index in [9.17, 15) is 0 Å². The molecule has 0 radical (unpaired) electrons. The lowest BCUT2D eigenvalue weighted by Gasteiger charge is -2.29. The van der Waals surface area contributed by atoms with Crippen LogP contribution in [0.3, 0.4) is 0 Å². The predicted molar refractivity (Wildman–Crippen MR) is 100 cm³/mol. The quantitative estimate of drug-likeness (QED) is 0.713. The van der Waals surface area contributed by atoms with Gasteiger partial charge in [0.2, 0.25) is 0 Å². The van der Waals surface area contributed by atoms with Crippen molar-refractivity contribution in [2.75, 3.05) is 26.3 Å². The largest absolute Gasteiger partial charge is 0.381 e. The monoisotopic (exact) mass is 344 g/mol. The van der Waals surface area contributed by atoms with Crippen LogP contribution in [0.1, 0.15) is 35.9 Å². The summed E-state index contributed by atoms with van der Waals surface area (Å²) >= 11 is 1.87. The molecule has 0 amide bonds. The lowest BCUT2D eigenvalue weighted by molar-refractivity contribution is 0.0490.